The number of para-hydroxylation sites is 3. The molecule has 3 aliphatic rings. The number of aryl methyl sites for hydroxylation is 1. The maximum atomic E-state index is 15.1. The van der Waals surface area contributed by atoms with E-state index in [0.29, 0.717) is 60.1 Å². The molecule has 8 rings (SSSR count). The summed E-state index contributed by atoms with van der Waals surface area (Å²) in [5.41, 5.74) is 2.47. The number of carbonyl (C=O) groups excluding carboxylic acids is 2. The van der Waals surface area contributed by atoms with Gasteiger partial charge in [-0.25, -0.2) is 0 Å². The first-order chi connectivity index (χ1) is 26.6. The molecule has 1 aromatic heterocycles. The molecule has 1 saturated heterocycles. The predicted octanol–water partition coefficient (Wildman–Crippen LogP) is 6.74. The third kappa shape index (κ3) is 5.96. The van der Waals surface area contributed by atoms with E-state index in [-0.39, 0.29) is 36.0 Å². The lowest BCUT2D eigenvalue weighted by Gasteiger charge is -2.37. The molecule has 55 heavy (non-hydrogen) atoms. The van der Waals surface area contributed by atoms with Crippen LogP contribution in [0, 0.1) is 5.92 Å². The van der Waals surface area contributed by atoms with Gasteiger partial charge in [0.05, 0.1) is 43.9 Å². The highest BCUT2D eigenvalue weighted by atomic mass is 28.3. The van der Waals surface area contributed by atoms with Gasteiger partial charge in [0.15, 0.2) is 11.4 Å². The van der Waals surface area contributed by atoms with Crippen molar-refractivity contribution in [3.05, 3.63) is 127 Å². The highest BCUT2D eigenvalue weighted by molar-refractivity contribution is 6.91. The average Bonchev–Trinajstić information content (AvgIpc) is 3.81. The van der Waals surface area contributed by atoms with Crippen LogP contribution in [0.5, 0.6) is 17.2 Å². The third-order valence-electron chi connectivity index (χ3n) is 11.6. The molecular formula is C43H45N5O6Si. The number of fused-ring (bicyclic) bond motifs is 4. The van der Waals surface area contributed by atoms with Crippen LogP contribution in [0.15, 0.2) is 110 Å². The Morgan fingerprint density at radius 2 is 1.73 bits per heavy atom. The lowest BCUT2D eigenvalue weighted by Crippen LogP contribution is -2.52. The molecule has 1 spiro atoms. The van der Waals surface area contributed by atoms with Crippen molar-refractivity contribution < 1.29 is 28.9 Å². The van der Waals surface area contributed by atoms with Gasteiger partial charge in [0.2, 0.25) is 0 Å². The topological polar surface area (TPSA) is 119 Å². The highest BCUT2D eigenvalue weighted by Crippen LogP contribution is 2.60. The van der Waals surface area contributed by atoms with Crippen LogP contribution in [-0.4, -0.2) is 66.4 Å². The second kappa shape index (κ2) is 14.3. The molecule has 0 unspecified atom stereocenters. The lowest BCUT2D eigenvalue weighted by atomic mass is 9.82. The van der Waals surface area contributed by atoms with E-state index in [1.165, 1.54) is 5.19 Å². The minimum Gasteiger partial charge on any atom is -0.497 e. The van der Waals surface area contributed by atoms with E-state index in [9.17, 15) is 9.90 Å². The molecule has 2 amide bonds. The predicted molar refractivity (Wildman–Crippen MR) is 213 cm³/mol. The summed E-state index contributed by atoms with van der Waals surface area (Å²) in [7, 11) is -0.757. The summed E-state index contributed by atoms with van der Waals surface area (Å²) in [6, 6.07) is 28.8. The SMILES string of the molecule is C=CCN1C(=O)[C@@]2(O[C@@H](CCn3cc(CCO)nn3)[C@H]([Si](C)(C)c3ccc(OC)cc3)[C@H]2C)c2cc(N3C(=O)c4ccccc4Oc4ccccc43)ccc21. The van der Waals surface area contributed by atoms with Crippen LogP contribution in [0.25, 0.3) is 0 Å². The van der Waals surface area contributed by atoms with Crippen molar-refractivity contribution in [3.63, 3.8) is 0 Å². The standard InChI is InChI=1S/C43H45N5O6Si/c1-6-23-47-35-20-15-30(48-36-12-8-10-14-38(36)53-37-13-9-7-11-33(37)41(48)50)26-34(35)43(42(47)51)28(2)40(55(4,5)32-18-16-31(52-3)17-19-32)39(54-43)21-24-46-27-29(22-25-49)44-45-46/h6-20,26-28,39-40,49H,1,21-25H2,2-5H3/t28-,39+,40-,43+/m1/s1. The Morgan fingerprint density at radius 3 is 2.47 bits per heavy atom. The summed E-state index contributed by atoms with van der Waals surface area (Å²) in [6.07, 6.45) is 4.28. The molecule has 1 N–H and O–H groups in total. The van der Waals surface area contributed by atoms with E-state index in [1.54, 1.807) is 39.8 Å². The Hall–Kier alpha value is -5.56. The number of aliphatic hydroxyl groups excluding tert-OH is 1. The van der Waals surface area contributed by atoms with Crippen molar-refractivity contribution in [2.45, 2.75) is 56.7 Å². The van der Waals surface area contributed by atoms with E-state index < -0.39 is 13.7 Å². The van der Waals surface area contributed by atoms with E-state index in [4.69, 9.17) is 14.2 Å². The number of benzene rings is 4. The summed E-state index contributed by atoms with van der Waals surface area (Å²) in [6.45, 7) is 11.7. The van der Waals surface area contributed by atoms with Gasteiger partial charge < -0.3 is 24.2 Å². The fourth-order valence-electron chi connectivity index (χ4n) is 9.02. The van der Waals surface area contributed by atoms with Gasteiger partial charge in [-0.15, -0.1) is 11.7 Å². The summed E-state index contributed by atoms with van der Waals surface area (Å²) in [4.78, 5) is 33.1. The van der Waals surface area contributed by atoms with Crippen LogP contribution < -0.4 is 24.5 Å². The van der Waals surface area contributed by atoms with Crippen LogP contribution in [0.2, 0.25) is 18.6 Å². The summed E-state index contributed by atoms with van der Waals surface area (Å²) >= 11 is 0. The van der Waals surface area contributed by atoms with Gasteiger partial charge in [-0.3, -0.25) is 19.2 Å². The number of methoxy groups -OCH3 is 1. The molecule has 0 radical (unpaired) electrons. The largest absolute Gasteiger partial charge is 0.497 e. The maximum Gasteiger partial charge on any atom is 0.266 e. The van der Waals surface area contributed by atoms with Gasteiger partial charge in [-0.1, -0.05) is 72.9 Å². The third-order valence-corrected chi connectivity index (χ3v) is 16.0. The second-order valence-electron chi connectivity index (χ2n) is 15.0. The number of carbonyl (C=O) groups is 2. The fraction of sp³-hybridized carbons (Fsp3) is 0.302. The maximum absolute atomic E-state index is 15.1. The Kier molecular flexibility index (Phi) is 9.44. The number of nitrogens with zero attached hydrogens (tertiary/aromatic N) is 5. The molecule has 4 aromatic carbocycles. The Bertz CT molecular complexity index is 2270. The smallest absolute Gasteiger partial charge is 0.266 e. The van der Waals surface area contributed by atoms with Gasteiger partial charge in [0.1, 0.15) is 11.5 Å². The van der Waals surface area contributed by atoms with Crippen LogP contribution in [0.4, 0.5) is 17.1 Å². The number of aromatic nitrogens is 3. The number of anilines is 3. The van der Waals surface area contributed by atoms with Gasteiger partial charge in [-0.2, -0.15) is 0 Å². The minimum atomic E-state index is -2.42. The van der Waals surface area contributed by atoms with Gasteiger partial charge in [0.25, 0.3) is 11.8 Å². The highest BCUT2D eigenvalue weighted by Gasteiger charge is 2.66. The molecule has 12 heteroatoms. The lowest BCUT2D eigenvalue weighted by molar-refractivity contribution is -0.145. The molecule has 0 bridgehead atoms. The van der Waals surface area contributed by atoms with Crippen molar-refractivity contribution in [1.29, 1.82) is 0 Å². The molecule has 11 nitrogen and oxygen atoms in total. The Labute approximate surface area is 321 Å². The van der Waals surface area contributed by atoms with Gasteiger partial charge >= 0.3 is 0 Å². The molecule has 282 valence electrons. The second-order valence-corrected chi connectivity index (χ2v) is 19.7. The first-order valence-electron chi connectivity index (χ1n) is 18.7. The van der Waals surface area contributed by atoms with Crippen LogP contribution in [-0.2, 0) is 28.1 Å². The van der Waals surface area contributed by atoms with E-state index in [1.807, 2.05) is 72.9 Å². The minimum absolute atomic E-state index is 0.00689. The first-order valence-corrected chi connectivity index (χ1v) is 21.8. The van der Waals surface area contributed by atoms with Gasteiger partial charge in [0, 0.05) is 49.5 Å². The van der Waals surface area contributed by atoms with Crippen LogP contribution >= 0.6 is 0 Å². The molecule has 3 aliphatic heterocycles. The molecule has 1 fully saturated rings. The fourth-order valence-corrected chi connectivity index (χ4v) is 13.1. The molecule has 4 atom stereocenters. The molecule has 0 aliphatic carbocycles. The van der Waals surface area contributed by atoms with E-state index in [0.717, 1.165) is 17.0 Å². The van der Waals surface area contributed by atoms with Crippen molar-refractivity contribution in [2.24, 2.45) is 5.92 Å². The number of rotatable bonds is 11. The Balaban J connectivity index is 1.26. The van der Waals surface area contributed by atoms with Gasteiger partial charge in [-0.05, 0) is 66.6 Å². The first kappa shape index (κ1) is 36.4. The number of amides is 2. The molecule has 5 aromatic rings. The summed E-state index contributed by atoms with van der Waals surface area (Å²) < 4.78 is 21.0. The zero-order valence-corrected chi connectivity index (χ0v) is 32.5. The Morgan fingerprint density at radius 1 is 0.982 bits per heavy atom. The summed E-state index contributed by atoms with van der Waals surface area (Å²) in [5.74, 6) is 1.18. The number of hydrogen-bond acceptors (Lipinski definition) is 8. The molecule has 4 heterocycles. The van der Waals surface area contributed by atoms with Crippen molar-refractivity contribution in [1.82, 2.24) is 15.0 Å². The van der Waals surface area contributed by atoms with Crippen molar-refractivity contribution in [3.8, 4) is 17.2 Å². The summed E-state index contributed by atoms with van der Waals surface area (Å²) in [5, 5.41) is 19.3. The number of ether oxygens (including phenoxy) is 3. The number of hydrogen-bond donors (Lipinski definition) is 1. The van der Waals surface area contributed by atoms with Crippen LogP contribution in [0.3, 0.4) is 0 Å². The van der Waals surface area contributed by atoms with E-state index >= 15 is 4.79 Å². The zero-order valence-electron chi connectivity index (χ0n) is 31.5. The normalized spacial score (nSPS) is 21.6. The van der Waals surface area contributed by atoms with Crippen molar-refractivity contribution in [2.75, 3.05) is 30.1 Å². The molecule has 0 saturated carbocycles. The quantitative estimate of drug-likeness (QED) is 0.116. The van der Waals surface area contributed by atoms with Crippen molar-refractivity contribution >= 4 is 42.1 Å². The number of aliphatic hydroxyl groups is 1. The monoisotopic (exact) mass is 755 g/mol. The average molecular weight is 756 g/mol. The zero-order chi connectivity index (χ0) is 38.5. The van der Waals surface area contributed by atoms with E-state index in [2.05, 4.69) is 49.0 Å². The molecular weight excluding hydrogens is 711 g/mol. The van der Waals surface area contributed by atoms with Crippen LogP contribution in [0.1, 0.15) is 35.0 Å².